The lowest BCUT2D eigenvalue weighted by Gasteiger charge is -2.35. The molecule has 0 saturated heterocycles. The fraction of sp³-hybridized carbons (Fsp3) is 0.361. The molecular weight excluding hydrogens is 1860 g/mol. The monoisotopic (exact) mass is 2000 g/mol. The Hall–Kier alpha value is -13.5. The molecule has 22 rings (SSSR count). The number of fused-ring (bicyclic) bond motifs is 9. The molecule has 0 radical (unpaired) electrons. The maximum atomic E-state index is 13.9. The van der Waals surface area contributed by atoms with Crippen LogP contribution in [0.2, 0.25) is 0 Å². The molecule has 13 aromatic carbocycles. The van der Waals surface area contributed by atoms with Crippen LogP contribution in [-0.2, 0) is 82.8 Å². The highest BCUT2D eigenvalue weighted by molar-refractivity contribution is 5.61. The first-order chi connectivity index (χ1) is 70.2. The van der Waals surface area contributed by atoms with Gasteiger partial charge in [-0.15, -0.1) is 0 Å². The summed E-state index contributed by atoms with van der Waals surface area (Å²) >= 11 is 0. The van der Waals surface area contributed by atoms with Crippen LogP contribution in [-0.4, -0.2) is 139 Å². The van der Waals surface area contributed by atoms with Gasteiger partial charge < -0.3 is 67.0 Å². The zero-order valence-corrected chi connectivity index (χ0v) is 89.1. The lowest BCUT2D eigenvalue weighted by atomic mass is 9.76. The predicted molar refractivity (Wildman–Crippen MR) is 573 cm³/mol. The summed E-state index contributed by atoms with van der Waals surface area (Å²) in [6, 6.07) is 71.3. The molecule has 13 aromatic rings. The van der Waals surface area contributed by atoms with Crippen molar-refractivity contribution in [3.63, 3.8) is 0 Å². The Kier molecular flexibility index (Phi) is 31.8. The highest BCUT2D eigenvalue weighted by Gasteiger charge is 2.37. The van der Waals surface area contributed by atoms with E-state index >= 15 is 0 Å². The van der Waals surface area contributed by atoms with Crippen LogP contribution in [0.25, 0.3) is 0 Å². The highest BCUT2D eigenvalue weighted by atomic mass is 19.2. The molecule has 9 aliphatic rings. The zero-order chi connectivity index (χ0) is 104. The Labute approximate surface area is 864 Å². The fourth-order valence-corrected chi connectivity index (χ4v) is 21.2. The number of hydrogen-bond acceptors (Lipinski definition) is 20. The van der Waals surface area contributed by atoms with Crippen molar-refractivity contribution >= 4 is 22.7 Å². The van der Waals surface area contributed by atoms with Crippen molar-refractivity contribution < 1.29 is 69.3 Å². The molecule has 0 spiro atoms. The van der Waals surface area contributed by atoms with Crippen molar-refractivity contribution in [2.24, 2.45) is 0 Å². The molecule has 0 aliphatic carbocycles. The molecule has 20 nitrogen and oxygen atoms in total. The van der Waals surface area contributed by atoms with E-state index in [0.29, 0.717) is 65.2 Å². The second-order valence-corrected chi connectivity index (χ2v) is 42.3. The Balaban J connectivity index is 0.000000132. The summed E-state index contributed by atoms with van der Waals surface area (Å²) in [4.78, 5) is 21.2. The first-order valence-electron chi connectivity index (χ1n) is 50.4. The van der Waals surface area contributed by atoms with E-state index in [1.54, 1.807) is 13.2 Å². The molecular formula is C122H139F5N10O10. The van der Waals surface area contributed by atoms with Gasteiger partial charge in [-0.3, -0.25) is 29.4 Å². The number of benzene rings is 13. The number of methoxy groups -OCH3 is 1. The van der Waals surface area contributed by atoms with Crippen LogP contribution >= 0.6 is 0 Å². The summed E-state index contributed by atoms with van der Waals surface area (Å²) in [5, 5.41) is 0. The van der Waals surface area contributed by atoms with Gasteiger partial charge in [-0.05, 0) is 266 Å². The molecule has 9 heterocycles. The van der Waals surface area contributed by atoms with Crippen molar-refractivity contribution in [2.75, 3.05) is 130 Å². The summed E-state index contributed by atoms with van der Waals surface area (Å²) in [6.07, 6.45) is 0. The smallest absolute Gasteiger partial charge is 0.200 e. The van der Waals surface area contributed by atoms with Gasteiger partial charge in [-0.2, -0.15) is 0 Å². The second-order valence-electron chi connectivity index (χ2n) is 42.3. The van der Waals surface area contributed by atoms with Gasteiger partial charge in [0, 0.05) is 155 Å². The van der Waals surface area contributed by atoms with Crippen LogP contribution in [0.4, 0.5) is 44.7 Å². The van der Waals surface area contributed by atoms with Crippen molar-refractivity contribution in [2.45, 2.75) is 187 Å². The summed E-state index contributed by atoms with van der Waals surface area (Å²) in [7, 11) is 14.4. The molecule has 0 bridgehead atoms. The second kappa shape index (κ2) is 44.6. The average molecular weight is 2000 g/mol. The lowest BCUT2D eigenvalue weighted by molar-refractivity contribution is 0.117. The maximum absolute atomic E-state index is 13.9. The molecule has 147 heavy (non-hydrogen) atoms. The highest BCUT2D eigenvalue weighted by Crippen LogP contribution is 2.47. The Morgan fingerprint density at radius 1 is 0.272 bits per heavy atom. The number of ether oxygens (including phenoxy) is 10. The summed E-state index contributed by atoms with van der Waals surface area (Å²) in [5.41, 5.74) is 33.6. The molecule has 772 valence electrons. The number of anilines is 4. The average Bonchev–Trinajstić information content (AvgIpc) is 0.785. The van der Waals surface area contributed by atoms with Crippen LogP contribution in [0.5, 0.6) is 57.5 Å². The van der Waals surface area contributed by atoms with Crippen molar-refractivity contribution in [1.29, 1.82) is 0 Å². The van der Waals surface area contributed by atoms with Crippen molar-refractivity contribution in [1.82, 2.24) is 29.4 Å². The zero-order valence-electron chi connectivity index (χ0n) is 89.1. The van der Waals surface area contributed by atoms with Gasteiger partial charge in [0.05, 0.1) is 13.7 Å². The van der Waals surface area contributed by atoms with Gasteiger partial charge in [0.15, 0.2) is 50.2 Å². The Morgan fingerprint density at radius 3 is 0.905 bits per heavy atom. The van der Waals surface area contributed by atoms with Crippen LogP contribution in [0, 0.1) is 105 Å². The summed E-state index contributed by atoms with van der Waals surface area (Å²) in [5.74, 6) is -0.106. The number of halogens is 5. The van der Waals surface area contributed by atoms with Crippen molar-refractivity contribution in [3.8, 4) is 57.5 Å². The third kappa shape index (κ3) is 23.9. The van der Waals surface area contributed by atoms with E-state index in [9.17, 15) is 22.0 Å². The van der Waals surface area contributed by atoms with Crippen molar-refractivity contribution in [3.05, 3.63) is 374 Å². The van der Waals surface area contributed by atoms with E-state index < -0.39 is 34.8 Å². The molecule has 0 aromatic heterocycles. The minimum atomic E-state index is -2.17. The van der Waals surface area contributed by atoms with E-state index in [0.717, 1.165) is 139 Å². The summed E-state index contributed by atoms with van der Waals surface area (Å²) in [6.45, 7) is 45.4. The third-order valence-electron chi connectivity index (χ3n) is 28.6. The first-order valence-corrected chi connectivity index (χ1v) is 50.4. The number of aryl methyl sites for hydroxylation is 11. The van der Waals surface area contributed by atoms with E-state index in [-0.39, 0.29) is 24.1 Å². The van der Waals surface area contributed by atoms with Gasteiger partial charge in [-0.1, -0.05) is 164 Å². The van der Waals surface area contributed by atoms with Gasteiger partial charge in [0.1, 0.15) is 96.8 Å². The number of nitrogens with zero attached hydrogens (tertiary/aromatic N) is 10. The fourth-order valence-electron chi connectivity index (χ4n) is 21.2. The molecule has 0 fully saturated rings. The quantitative estimate of drug-likeness (QED) is 0.0617. The first kappa shape index (κ1) is 105. The van der Waals surface area contributed by atoms with Gasteiger partial charge in [0.25, 0.3) is 0 Å². The van der Waals surface area contributed by atoms with E-state index in [4.69, 9.17) is 47.4 Å². The molecule has 0 amide bonds. The Bertz CT molecular complexity index is 6810. The number of hydrogen-bond donors (Lipinski definition) is 0. The summed E-state index contributed by atoms with van der Waals surface area (Å²) < 4.78 is 127. The molecule has 0 N–H and O–H groups in total. The molecule has 0 atom stereocenters. The number of rotatable bonds is 13. The minimum absolute atomic E-state index is 0.0177. The SMILES string of the molecule is CN1COc2ccc(C(C)(C)c3cc4c(c(CN(C)Cc5cc(C(C)(C)c6ccc7c(c6)CN(C)CO7)cc6c5OCN(C)C6)c3)OCN(C)C4)cc2C1.COc1ccc(N2COc3c(C)cc(C)cc3C2)cc1.Cc1cc(C)c2c(c1)CN(C)CO2.Cc1cc(C)c2c(c1)CN(c1c(F)c(F)c(F)c(F)c1F)CO2.Cc1cc(C)c2c(c1)CN(c1ccccc1)CO2.Cc1ccc(N2COc3c(C)cc(C)cc3C2)cc1. The van der Waals surface area contributed by atoms with Crippen LogP contribution in [0.15, 0.2) is 200 Å². The standard InChI is InChI=1S/C45H57N5O4.C17H19NO2.C17H19NO.C16H12F5NO.C16H17NO.C11H15NO/c1-44(2,36-10-12-40-30(14-36)20-47(6)26-51-40)38-16-32(42-34(18-38)24-49(8)28-53-42)22-46(5)23-33-17-39(19-35-25-50(9)29-54-43(33)35)45(3,4)37-11-13-41-31(15-37)21-48(7)27-52-41;1-12-8-13(2)17-14(9-12)10-18(11-20-17)15-4-6-16(19-3)7-5-15;1-12-4-6-16(7-5-12)18-10-15-9-13(2)8-14(3)17(15)19-11-18;1-7-3-8(2)16-9(4-7)5-22(6-23-16)15-13(20)11(18)10(17)12(19)14(15)21;1-12-8-13(2)16-14(9-12)10-17(11-18-16)15-6-4-3-5-7-15;1-8-4-9(2)11-10(5-8)6-12(3)7-13-11/h10-19H,20-29H2,1-9H3;4-9H,10-11H2,1-3H3;4-9H,10-11H2,1-3H3;3-4H,5-6H2,1-2H3;3-9H,10-11H2,1-2H3;4-5H,6-7H2,1-3H3. The molecule has 25 heteroatoms. The van der Waals surface area contributed by atoms with E-state index in [1.807, 2.05) is 38.1 Å². The van der Waals surface area contributed by atoms with Gasteiger partial charge >= 0.3 is 0 Å². The van der Waals surface area contributed by atoms with Crippen LogP contribution in [0.1, 0.15) is 172 Å². The minimum Gasteiger partial charge on any atom is -0.497 e. The maximum Gasteiger partial charge on any atom is 0.200 e. The van der Waals surface area contributed by atoms with E-state index in [2.05, 4.69) is 346 Å². The van der Waals surface area contributed by atoms with Crippen LogP contribution in [0.3, 0.4) is 0 Å². The Morgan fingerprint density at radius 2 is 0.551 bits per heavy atom. The van der Waals surface area contributed by atoms with Crippen LogP contribution < -0.4 is 67.0 Å². The van der Waals surface area contributed by atoms with Gasteiger partial charge in [0.2, 0.25) is 5.82 Å². The molecule has 0 saturated carbocycles. The topological polar surface area (TPSA) is 125 Å². The predicted octanol–water partition coefficient (Wildman–Crippen LogP) is 24.8. The number of para-hydroxylation sites is 1. The largest absolute Gasteiger partial charge is 0.497 e. The molecule has 9 aliphatic heterocycles. The third-order valence-corrected chi connectivity index (χ3v) is 28.6. The normalized spacial score (nSPS) is 15.6. The van der Waals surface area contributed by atoms with E-state index in [1.165, 1.54) is 139 Å². The van der Waals surface area contributed by atoms with Gasteiger partial charge in [-0.25, -0.2) is 22.0 Å². The lowest BCUT2D eigenvalue weighted by Crippen LogP contribution is -2.34. The molecule has 0 unspecified atom stereocenters.